The number of rotatable bonds is 6. The molecular weight excluding hydrogens is 377 g/mol. The Balaban J connectivity index is 0.00000220. The molecule has 0 spiro atoms. The van der Waals surface area contributed by atoms with Crippen LogP contribution in [0.4, 0.5) is 5.69 Å². The average Bonchev–Trinajstić information content (AvgIpc) is 2.49. The Morgan fingerprint density at radius 3 is 2.62 bits per heavy atom. The summed E-state index contributed by atoms with van der Waals surface area (Å²) in [4.78, 5) is 4.31. The van der Waals surface area contributed by atoms with Gasteiger partial charge in [0.2, 0.25) is 0 Å². The maximum Gasteiger partial charge on any atom is 0.193 e. The molecule has 1 aromatic carbocycles. The van der Waals surface area contributed by atoms with Crippen molar-refractivity contribution in [2.75, 3.05) is 18.5 Å². The lowest BCUT2D eigenvalue weighted by atomic mass is 9.98. The zero-order chi connectivity index (χ0) is 14.0. The highest BCUT2D eigenvalue weighted by Gasteiger charge is 2.12. The van der Waals surface area contributed by atoms with Gasteiger partial charge in [0, 0.05) is 18.8 Å². The van der Waals surface area contributed by atoms with Crippen molar-refractivity contribution in [3.63, 3.8) is 0 Å². The van der Waals surface area contributed by atoms with Gasteiger partial charge in [0.05, 0.1) is 6.10 Å². The highest BCUT2D eigenvalue weighted by molar-refractivity contribution is 14.0. The lowest BCUT2D eigenvalue weighted by Crippen LogP contribution is -2.23. The van der Waals surface area contributed by atoms with Gasteiger partial charge in [-0.25, -0.2) is 0 Å². The van der Waals surface area contributed by atoms with Gasteiger partial charge in [0.25, 0.3) is 0 Å². The molecule has 0 atom stereocenters. The number of nitrogens with zero attached hydrogens (tertiary/aromatic N) is 1. The zero-order valence-corrected chi connectivity index (χ0v) is 14.8. The summed E-state index contributed by atoms with van der Waals surface area (Å²) < 4.78 is 5.85. The average molecular weight is 403 g/mol. The van der Waals surface area contributed by atoms with E-state index < -0.39 is 0 Å². The minimum atomic E-state index is 0. The fourth-order valence-electron chi connectivity index (χ4n) is 2.45. The molecule has 5 heteroatoms. The van der Waals surface area contributed by atoms with Gasteiger partial charge in [-0.2, -0.15) is 0 Å². The number of para-hydroxylation sites is 1. The summed E-state index contributed by atoms with van der Waals surface area (Å²) in [5, 5.41) is 3.07. The molecule has 0 bridgehead atoms. The predicted octanol–water partition coefficient (Wildman–Crippen LogP) is 3.77. The molecule has 0 unspecified atom stereocenters. The van der Waals surface area contributed by atoms with Crippen molar-refractivity contribution in [3.05, 3.63) is 30.3 Å². The van der Waals surface area contributed by atoms with Crippen LogP contribution in [0.2, 0.25) is 0 Å². The van der Waals surface area contributed by atoms with E-state index in [4.69, 9.17) is 10.5 Å². The third kappa shape index (κ3) is 7.66. The number of anilines is 1. The second kappa shape index (κ2) is 10.8. The maximum absolute atomic E-state index is 5.85. The first kappa shape index (κ1) is 18.2. The van der Waals surface area contributed by atoms with Crippen LogP contribution in [0.15, 0.2) is 35.3 Å². The second-order valence-electron chi connectivity index (χ2n) is 5.24. The first-order chi connectivity index (χ1) is 9.84. The van der Waals surface area contributed by atoms with Crippen LogP contribution in [0.5, 0.6) is 0 Å². The first-order valence-electron chi connectivity index (χ1n) is 7.58. The topological polar surface area (TPSA) is 59.6 Å². The third-order valence-electron chi connectivity index (χ3n) is 3.54. The van der Waals surface area contributed by atoms with Crippen molar-refractivity contribution in [1.29, 1.82) is 0 Å². The highest BCUT2D eigenvalue weighted by Crippen LogP contribution is 2.20. The molecule has 21 heavy (non-hydrogen) atoms. The van der Waals surface area contributed by atoms with E-state index in [1.807, 2.05) is 30.3 Å². The van der Waals surface area contributed by atoms with Gasteiger partial charge in [-0.1, -0.05) is 37.5 Å². The van der Waals surface area contributed by atoms with Crippen molar-refractivity contribution in [2.24, 2.45) is 10.7 Å². The van der Waals surface area contributed by atoms with E-state index in [9.17, 15) is 0 Å². The van der Waals surface area contributed by atoms with Gasteiger partial charge in [-0.15, -0.1) is 24.0 Å². The van der Waals surface area contributed by atoms with Crippen LogP contribution in [0, 0.1) is 0 Å². The van der Waals surface area contributed by atoms with E-state index >= 15 is 0 Å². The molecule has 0 radical (unpaired) electrons. The number of benzene rings is 1. The van der Waals surface area contributed by atoms with E-state index in [1.54, 1.807) is 0 Å². The predicted molar refractivity (Wildman–Crippen MR) is 99.4 cm³/mol. The summed E-state index contributed by atoms with van der Waals surface area (Å²) in [6, 6.07) is 9.84. The van der Waals surface area contributed by atoms with Crippen LogP contribution in [-0.4, -0.2) is 25.2 Å². The number of guanidine groups is 1. The summed E-state index contributed by atoms with van der Waals surface area (Å²) in [5.74, 6) is 0.467. The third-order valence-corrected chi connectivity index (χ3v) is 3.54. The molecular formula is C16H26IN3O. The standard InChI is InChI=1S/C16H25N3O.HI/c17-16(19-14-8-3-1-4-9-14)18-12-7-13-20-15-10-5-2-6-11-15;/h1,3-4,8-9,15H,2,5-7,10-13H2,(H3,17,18,19);1H. The van der Waals surface area contributed by atoms with Gasteiger partial charge in [-0.3, -0.25) is 4.99 Å². The molecule has 1 aliphatic rings. The molecule has 2 rings (SSSR count). The van der Waals surface area contributed by atoms with E-state index in [-0.39, 0.29) is 24.0 Å². The fraction of sp³-hybridized carbons (Fsp3) is 0.562. The summed E-state index contributed by atoms with van der Waals surface area (Å²) in [7, 11) is 0. The molecule has 118 valence electrons. The molecule has 4 nitrogen and oxygen atoms in total. The smallest absolute Gasteiger partial charge is 0.193 e. The minimum absolute atomic E-state index is 0. The number of nitrogens with one attached hydrogen (secondary N) is 1. The molecule has 0 aliphatic heterocycles. The Hall–Kier alpha value is -0.820. The van der Waals surface area contributed by atoms with Crippen LogP contribution in [0.1, 0.15) is 38.5 Å². The molecule has 3 N–H and O–H groups in total. The fourth-order valence-corrected chi connectivity index (χ4v) is 2.45. The summed E-state index contributed by atoms with van der Waals surface area (Å²) in [6.07, 6.45) is 7.85. The Bertz CT molecular complexity index is 405. The first-order valence-corrected chi connectivity index (χ1v) is 7.58. The van der Waals surface area contributed by atoms with Crippen LogP contribution in [0.3, 0.4) is 0 Å². The number of halogens is 1. The van der Waals surface area contributed by atoms with Crippen LogP contribution >= 0.6 is 24.0 Å². The van der Waals surface area contributed by atoms with Gasteiger partial charge < -0.3 is 15.8 Å². The van der Waals surface area contributed by atoms with E-state index in [2.05, 4.69) is 10.3 Å². The normalized spacial score (nSPS) is 16.3. The number of hydrogen-bond acceptors (Lipinski definition) is 2. The van der Waals surface area contributed by atoms with Gasteiger partial charge in [0.1, 0.15) is 0 Å². The molecule has 0 heterocycles. The second-order valence-corrected chi connectivity index (χ2v) is 5.24. The lowest BCUT2D eigenvalue weighted by Gasteiger charge is -2.21. The van der Waals surface area contributed by atoms with Crippen molar-refractivity contribution in [1.82, 2.24) is 0 Å². The molecule has 0 amide bonds. The van der Waals surface area contributed by atoms with Crippen molar-refractivity contribution in [2.45, 2.75) is 44.6 Å². The monoisotopic (exact) mass is 403 g/mol. The number of ether oxygens (including phenoxy) is 1. The minimum Gasteiger partial charge on any atom is -0.378 e. The van der Waals surface area contributed by atoms with Crippen LogP contribution in [-0.2, 0) is 4.74 Å². The quantitative estimate of drug-likeness (QED) is 0.329. The SMILES string of the molecule is I.NC(=NCCCOC1CCCCC1)Nc1ccccc1. The molecule has 1 aromatic rings. The van der Waals surface area contributed by atoms with Crippen molar-refractivity contribution >= 4 is 35.6 Å². The van der Waals surface area contributed by atoms with E-state index in [0.717, 1.165) is 18.7 Å². The Labute approximate surface area is 144 Å². The van der Waals surface area contributed by atoms with Crippen LogP contribution < -0.4 is 11.1 Å². The maximum atomic E-state index is 5.85. The summed E-state index contributed by atoms with van der Waals surface area (Å²) >= 11 is 0. The van der Waals surface area contributed by atoms with Gasteiger partial charge in [0.15, 0.2) is 5.96 Å². The zero-order valence-electron chi connectivity index (χ0n) is 12.5. The molecule has 0 aromatic heterocycles. The number of aliphatic imine (C=N–C) groups is 1. The lowest BCUT2D eigenvalue weighted by molar-refractivity contribution is 0.0281. The number of nitrogens with two attached hydrogens (primary N) is 1. The molecule has 1 aliphatic carbocycles. The number of hydrogen-bond donors (Lipinski definition) is 2. The Morgan fingerprint density at radius 2 is 1.90 bits per heavy atom. The molecule has 1 saturated carbocycles. The highest BCUT2D eigenvalue weighted by atomic mass is 127. The Kier molecular flexibility index (Phi) is 9.41. The largest absolute Gasteiger partial charge is 0.378 e. The van der Waals surface area contributed by atoms with Gasteiger partial charge in [-0.05, 0) is 31.4 Å². The van der Waals surface area contributed by atoms with Gasteiger partial charge >= 0.3 is 0 Å². The Morgan fingerprint density at radius 1 is 1.19 bits per heavy atom. The van der Waals surface area contributed by atoms with Crippen molar-refractivity contribution in [3.8, 4) is 0 Å². The molecule has 1 fully saturated rings. The van der Waals surface area contributed by atoms with Crippen molar-refractivity contribution < 1.29 is 4.74 Å². The van der Waals surface area contributed by atoms with Crippen LogP contribution in [0.25, 0.3) is 0 Å². The summed E-state index contributed by atoms with van der Waals surface area (Å²) in [5.41, 5.74) is 6.79. The van der Waals surface area contributed by atoms with E-state index in [1.165, 1.54) is 32.1 Å². The molecule has 0 saturated heterocycles. The van der Waals surface area contributed by atoms with E-state index in [0.29, 0.717) is 18.6 Å². The summed E-state index contributed by atoms with van der Waals surface area (Å²) in [6.45, 7) is 1.49.